The molecule has 88 valence electrons. The lowest BCUT2D eigenvalue weighted by Gasteiger charge is -2.05. The van der Waals surface area contributed by atoms with Crippen molar-refractivity contribution < 1.29 is 13.2 Å². The molecule has 0 aliphatic carbocycles. The lowest BCUT2D eigenvalue weighted by Crippen LogP contribution is -2.12. The largest absolute Gasteiger partial charge is 0.385 e. The minimum atomic E-state index is -3.62. The van der Waals surface area contributed by atoms with Crippen LogP contribution in [0.3, 0.4) is 0 Å². The number of nitrogens with two attached hydrogens (primary N) is 1. The smallest absolute Gasteiger partial charge is 0.238 e. The summed E-state index contributed by atoms with van der Waals surface area (Å²) in [5, 5.41) is 8.02. The highest BCUT2D eigenvalue weighted by Crippen LogP contribution is 2.12. The van der Waals surface area contributed by atoms with Crippen molar-refractivity contribution in [2.24, 2.45) is 5.14 Å². The van der Waals surface area contributed by atoms with Gasteiger partial charge in [-0.2, -0.15) is 0 Å². The van der Waals surface area contributed by atoms with Crippen LogP contribution in [0.25, 0.3) is 0 Å². The van der Waals surface area contributed by atoms with Gasteiger partial charge in [-0.25, -0.2) is 13.6 Å². The van der Waals surface area contributed by atoms with E-state index in [2.05, 4.69) is 5.32 Å². The predicted octanol–water partition coefficient (Wildman–Crippen LogP) is 0.725. The number of sulfonamides is 1. The van der Waals surface area contributed by atoms with Crippen LogP contribution in [0.5, 0.6) is 0 Å². The maximum absolute atomic E-state index is 11.0. The molecular weight excluding hydrogens is 228 g/mol. The number of anilines is 1. The Morgan fingerprint density at radius 2 is 1.88 bits per heavy atom. The van der Waals surface area contributed by atoms with Crippen LogP contribution in [0.4, 0.5) is 5.69 Å². The van der Waals surface area contributed by atoms with Crippen molar-refractivity contribution in [2.75, 3.05) is 11.9 Å². The molecule has 5 nitrogen and oxygen atoms in total. The fourth-order valence-corrected chi connectivity index (χ4v) is 1.70. The first kappa shape index (κ1) is 12.7. The summed E-state index contributed by atoms with van der Waals surface area (Å²) in [6.45, 7) is 0.674. The van der Waals surface area contributed by atoms with Crippen LogP contribution in [0.15, 0.2) is 29.2 Å². The molecule has 16 heavy (non-hydrogen) atoms. The van der Waals surface area contributed by atoms with Crippen molar-refractivity contribution in [1.29, 1.82) is 0 Å². The lowest BCUT2D eigenvalue weighted by atomic mass is 10.3. The van der Waals surface area contributed by atoms with Gasteiger partial charge in [0.15, 0.2) is 0 Å². The zero-order chi connectivity index (χ0) is 12.0. The lowest BCUT2D eigenvalue weighted by molar-refractivity contribution is -0.107. The van der Waals surface area contributed by atoms with E-state index in [1.807, 2.05) is 0 Å². The van der Waals surface area contributed by atoms with Crippen molar-refractivity contribution in [1.82, 2.24) is 0 Å². The molecule has 0 aromatic heterocycles. The molecule has 0 saturated heterocycles. The van der Waals surface area contributed by atoms with Crippen molar-refractivity contribution >= 4 is 22.0 Å². The molecule has 6 heteroatoms. The molecule has 0 heterocycles. The summed E-state index contributed by atoms with van der Waals surface area (Å²) < 4.78 is 21.9. The third kappa shape index (κ3) is 4.00. The van der Waals surface area contributed by atoms with E-state index in [0.717, 1.165) is 18.4 Å². The molecule has 1 aromatic rings. The highest BCUT2D eigenvalue weighted by atomic mass is 32.2. The number of hydrogen-bond donors (Lipinski definition) is 2. The summed E-state index contributed by atoms with van der Waals surface area (Å²) in [6, 6.07) is 6.16. The third-order valence-corrected chi connectivity index (χ3v) is 2.94. The standard InChI is InChI=1S/C10H14N2O3S/c11-16(14,15)10-5-3-9(4-6-10)12-7-1-2-8-13/h3-6,8,12H,1-2,7H2,(H2,11,14,15). The average molecular weight is 242 g/mol. The van der Waals surface area contributed by atoms with Gasteiger partial charge in [0.05, 0.1) is 4.90 Å². The van der Waals surface area contributed by atoms with Crippen LogP contribution in [0, 0.1) is 0 Å². The first-order valence-electron chi connectivity index (χ1n) is 4.84. The molecule has 1 aromatic carbocycles. The minimum Gasteiger partial charge on any atom is -0.385 e. The number of nitrogens with one attached hydrogen (secondary N) is 1. The quantitative estimate of drug-likeness (QED) is 0.568. The van der Waals surface area contributed by atoms with Crippen LogP contribution < -0.4 is 10.5 Å². The van der Waals surface area contributed by atoms with E-state index in [9.17, 15) is 13.2 Å². The normalized spacial score (nSPS) is 11.1. The number of unbranched alkanes of at least 4 members (excludes halogenated alkanes) is 1. The second-order valence-electron chi connectivity index (χ2n) is 3.31. The van der Waals surface area contributed by atoms with Crippen LogP contribution in [-0.4, -0.2) is 21.2 Å². The predicted molar refractivity (Wildman–Crippen MR) is 61.6 cm³/mol. The molecule has 0 saturated carbocycles. The van der Waals surface area contributed by atoms with Crippen LogP contribution in [0.2, 0.25) is 0 Å². The number of aldehydes is 1. The van der Waals surface area contributed by atoms with Gasteiger partial charge in [0.2, 0.25) is 10.0 Å². The Kier molecular flexibility index (Phi) is 4.45. The number of primary sulfonamides is 1. The third-order valence-electron chi connectivity index (χ3n) is 2.01. The second kappa shape index (κ2) is 5.62. The van der Waals surface area contributed by atoms with Crippen molar-refractivity contribution in [3.63, 3.8) is 0 Å². The Labute approximate surface area is 94.7 Å². The summed E-state index contributed by atoms with van der Waals surface area (Å²) in [4.78, 5) is 10.2. The highest BCUT2D eigenvalue weighted by Gasteiger charge is 2.05. The molecule has 0 amide bonds. The first-order chi connectivity index (χ1) is 7.54. The molecule has 3 N–H and O–H groups in total. The highest BCUT2D eigenvalue weighted by molar-refractivity contribution is 7.89. The summed E-state index contributed by atoms with van der Waals surface area (Å²) in [5.41, 5.74) is 0.804. The molecule has 0 aliphatic heterocycles. The van der Waals surface area contributed by atoms with Gasteiger partial charge in [-0.15, -0.1) is 0 Å². The topological polar surface area (TPSA) is 89.3 Å². The van der Waals surface area contributed by atoms with Crippen molar-refractivity contribution in [2.45, 2.75) is 17.7 Å². The number of carbonyl (C=O) groups is 1. The van der Waals surface area contributed by atoms with Gasteiger partial charge in [-0.05, 0) is 30.7 Å². The van der Waals surface area contributed by atoms with Gasteiger partial charge >= 0.3 is 0 Å². The molecule has 0 bridgehead atoms. The molecule has 0 atom stereocenters. The molecule has 0 radical (unpaired) electrons. The van der Waals surface area contributed by atoms with Gasteiger partial charge in [0.1, 0.15) is 6.29 Å². The number of rotatable bonds is 6. The maximum atomic E-state index is 11.0. The molecule has 1 rings (SSSR count). The Morgan fingerprint density at radius 3 is 2.38 bits per heavy atom. The number of hydrogen-bond acceptors (Lipinski definition) is 4. The van der Waals surface area contributed by atoms with E-state index in [1.54, 1.807) is 12.1 Å². The van der Waals surface area contributed by atoms with Crippen LogP contribution in [-0.2, 0) is 14.8 Å². The number of benzene rings is 1. The van der Waals surface area contributed by atoms with Gasteiger partial charge in [0.25, 0.3) is 0 Å². The zero-order valence-electron chi connectivity index (χ0n) is 8.72. The molecule has 0 unspecified atom stereocenters. The maximum Gasteiger partial charge on any atom is 0.238 e. The Balaban J connectivity index is 2.55. The monoisotopic (exact) mass is 242 g/mol. The fourth-order valence-electron chi connectivity index (χ4n) is 1.18. The molecule has 0 spiro atoms. The van der Waals surface area contributed by atoms with E-state index in [4.69, 9.17) is 5.14 Å². The SMILES string of the molecule is NS(=O)(=O)c1ccc(NCCCC=O)cc1. The molecule has 0 aliphatic rings. The Bertz CT molecular complexity index is 440. The van der Waals surface area contributed by atoms with Crippen LogP contribution in [0.1, 0.15) is 12.8 Å². The fraction of sp³-hybridized carbons (Fsp3) is 0.300. The average Bonchev–Trinajstić information content (AvgIpc) is 2.24. The second-order valence-corrected chi connectivity index (χ2v) is 4.87. The summed E-state index contributed by atoms with van der Waals surface area (Å²) >= 11 is 0. The van der Waals surface area contributed by atoms with Gasteiger partial charge < -0.3 is 10.1 Å². The number of carbonyl (C=O) groups excluding carboxylic acids is 1. The Morgan fingerprint density at radius 1 is 1.25 bits per heavy atom. The molecular formula is C10H14N2O3S. The van der Waals surface area contributed by atoms with Crippen molar-refractivity contribution in [3.05, 3.63) is 24.3 Å². The summed E-state index contributed by atoms with van der Waals surface area (Å²) in [6.07, 6.45) is 2.13. The first-order valence-corrected chi connectivity index (χ1v) is 6.39. The molecule has 0 fully saturated rings. The van der Waals surface area contributed by atoms with E-state index in [-0.39, 0.29) is 4.90 Å². The van der Waals surface area contributed by atoms with Crippen molar-refractivity contribution in [3.8, 4) is 0 Å². The van der Waals surface area contributed by atoms with E-state index in [1.165, 1.54) is 12.1 Å². The van der Waals surface area contributed by atoms with Gasteiger partial charge in [-0.1, -0.05) is 0 Å². The summed E-state index contributed by atoms with van der Waals surface area (Å²) in [5.74, 6) is 0. The Hall–Kier alpha value is -1.40. The van der Waals surface area contributed by atoms with E-state index < -0.39 is 10.0 Å². The van der Waals surface area contributed by atoms with E-state index >= 15 is 0 Å². The van der Waals surface area contributed by atoms with Crippen LogP contribution >= 0.6 is 0 Å². The van der Waals surface area contributed by atoms with E-state index in [0.29, 0.717) is 13.0 Å². The zero-order valence-corrected chi connectivity index (χ0v) is 9.53. The van der Waals surface area contributed by atoms with Gasteiger partial charge in [0, 0.05) is 18.7 Å². The van der Waals surface area contributed by atoms with Gasteiger partial charge in [-0.3, -0.25) is 0 Å². The minimum absolute atomic E-state index is 0.0888. The summed E-state index contributed by atoms with van der Waals surface area (Å²) in [7, 11) is -3.62.